The average Bonchev–Trinajstić information content (AvgIpc) is 2.32. The molecule has 0 saturated carbocycles. The van der Waals surface area contributed by atoms with Crippen molar-refractivity contribution in [2.75, 3.05) is 17.6 Å². The van der Waals surface area contributed by atoms with Gasteiger partial charge in [-0.15, -0.1) is 0 Å². The number of nitrogen functional groups attached to an aromatic ring is 1. The fourth-order valence-electron chi connectivity index (χ4n) is 2.53. The lowest BCUT2D eigenvalue weighted by Crippen LogP contribution is -2.35. The smallest absolute Gasteiger partial charge is 0.330 e. The Balaban J connectivity index is 3.04. The van der Waals surface area contributed by atoms with E-state index in [2.05, 4.69) is 38.0 Å². The second-order valence-electron chi connectivity index (χ2n) is 5.80. The molecule has 1 aromatic heterocycles. The molecule has 0 aliphatic heterocycles. The van der Waals surface area contributed by atoms with Crippen LogP contribution in [0.15, 0.2) is 9.59 Å². The number of nitrogens with two attached hydrogens (primary N) is 1. The molecule has 0 atom stereocenters. The summed E-state index contributed by atoms with van der Waals surface area (Å²) in [5.41, 5.74) is 5.28. The SMILES string of the molecule is CCn1c(N)c(NCC(C(C)C)C(C)C)c(=O)[nH]c1=O. The van der Waals surface area contributed by atoms with E-state index in [-0.39, 0.29) is 11.5 Å². The van der Waals surface area contributed by atoms with Gasteiger partial charge >= 0.3 is 5.69 Å². The van der Waals surface area contributed by atoms with Crippen molar-refractivity contribution in [3.63, 3.8) is 0 Å². The predicted molar refractivity (Wildman–Crippen MR) is 83.1 cm³/mol. The number of rotatable bonds is 6. The third-order valence-electron chi connectivity index (χ3n) is 3.78. The lowest BCUT2D eigenvalue weighted by atomic mass is 9.85. The van der Waals surface area contributed by atoms with Gasteiger partial charge in [0, 0.05) is 13.1 Å². The van der Waals surface area contributed by atoms with E-state index < -0.39 is 11.2 Å². The molecule has 0 unspecified atom stereocenters. The number of aromatic amines is 1. The van der Waals surface area contributed by atoms with E-state index in [0.717, 1.165) is 0 Å². The number of nitrogens with one attached hydrogen (secondary N) is 2. The average molecular weight is 282 g/mol. The minimum atomic E-state index is -0.468. The lowest BCUT2D eigenvalue weighted by molar-refractivity contribution is 0.304. The molecule has 0 saturated heterocycles. The van der Waals surface area contributed by atoms with Crippen LogP contribution in [0.3, 0.4) is 0 Å². The molecule has 0 aromatic carbocycles. The summed E-state index contributed by atoms with van der Waals surface area (Å²) in [4.78, 5) is 25.8. The van der Waals surface area contributed by atoms with Crippen molar-refractivity contribution in [2.45, 2.75) is 41.2 Å². The van der Waals surface area contributed by atoms with Crippen LogP contribution in [0.1, 0.15) is 34.6 Å². The van der Waals surface area contributed by atoms with E-state index in [4.69, 9.17) is 5.73 Å². The maximum absolute atomic E-state index is 11.9. The van der Waals surface area contributed by atoms with E-state index >= 15 is 0 Å². The van der Waals surface area contributed by atoms with Crippen LogP contribution >= 0.6 is 0 Å². The zero-order valence-electron chi connectivity index (χ0n) is 13.0. The molecule has 0 aliphatic carbocycles. The molecule has 0 spiro atoms. The van der Waals surface area contributed by atoms with Gasteiger partial charge in [-0.05, 0) is 24.7 Å². The first-order valence-electron chi connectivity index (χ1n) is 7.16. The molecule has 0 fully saturated rings. The summed E-state index contributed by atoms with van der Waals surface area (Å²) in [6.45, 7) is 11.5. The van der Waals surface area contributed by atoms with Gasteiger partial charge in [0.2, 0.25) is 0 Å². The van der Waals surface area contributed by atoms with Crippen molar-refractivity contribution in [1.82, 2.24) is 9.55 Å². The molecule has 1 rings (SSSR count). The normalized spacial score (nSPS) is 11.6. The Morgan fingerprint density at radius 2 is 1.75 bits per heavy atom. The Hall–Kier alpha value is -1.72. The van der Waals surface area contributed by atoms with Crippen LogP contribution in [0, 0.1) is 17.8 Å². The molecule has 0 amide bonds. The van der Waals surface area contributed by atoms with Crippen molar-refractivity contribution in [1.29, 1.82) is 0 Å². The van der Waals surface area contributed by atoms with Crippen LogP contribution in [-0.4, -0.2) is 16.1 Å². The van der Waals surface area contributed by atoms with Gasteiger partial charge in [-0.25, -0.2) is 4.79 Å². The molecule has 0 aliphatic rings. The standard InChI is InChI=1S/C14H26N4O2/c1-6-18-12(15)11(13(19)17-14(18)20)16-7-10(8(2)3)9(4)5/h8-10,16H,6-7,15H2,1-5H3,(H,17,19,20). The van der Waals surface area contributed by atoms with Gasteiger partial charge in [0.1, 0.15) is 11.5 Å². The molecule has 1 heterocycles. The van der Waals surface area contributed by atoms with Gasteiger partial charge in [0.15, 0.2) is 0 Å². The molecule has 0 radical (unpaired) electrons. The third kappa shape index (κ3) is 3.43. The summed E-state index contributed by atoms with van der Waals surface area (Å²) < 4.78 is 1.35. The zero-order valence-corrected chi connectivity index (χ0v) is 13.0. The highest BCUT2D eigenvalue weighted by atomic mass is 16.2. The van der Waals surface area contributed by atoms with Crippen molar-refractivity contribution < 1.29 is 0 Å². The first-order valence-corrected chi connectivity index (χ1v) is 7.16. The molecule has 20 heavy (non-hydrogen) atoms. The third-order valence-corrected chi connectivity index (χ3v) is 3.78. The van der Waals surface area contributed by atoms with Crippen molar-refractivity contribution in [3.05, 3.63) is 20.8 Å². The minimum Gasteiger partial charge on any atom is -0.383 e. The van der Waals surface area contributed by atoms with E-state index in [1.807, 2.05) is 6.92 Å². The summed E-state index contributed by atoms with van der Waals surface area (Å²) in [7, 11) is 0. The maximum Gasteiger partial charge on any atom is 0.330 e. The van der Waals surface area contributed by atoms with E-state index in [0.29, 0.717) is 30.8 Å². The molecule has 0 bridgehead atoms. The fraction of sp³-hybridized carbons (Fsp3) is 0.714. The lowest BCUT2D eigenvalue weighted by Gasteiger charge is -2.25. The van der Waals surface area contributed by atoms with Crippen LogP contribution in [0.2, 0.25) is 0 Å². The maximum atomic E-state index is 11.9. The summed E-state index contributed by atoms with van der Waals surface area (Å²) in [6, 6.07) is 0. The molecule has 114 valence electrons. The molecular formula is C14H26N4O2. The van der Waals surface area contributed by atoms with Crippen molar-refractivity contribution in [3.8, 4) is 0 Å². The number of hydrogen-bond donors (Lipinski definition) is 3. The second kappa shape index (κ2) is 6.63. The van der Waals surface area contributed by atoms with Gasteiger partial charge in [0.05, 0.1) is 0 Å². The number of nitrogens with zero attached hydrogens (tertiary/aromatic N) is 1. The van der Waals surface area contributed by atoms with Crippen LogP contribution in [-0.2, 0) is 6.54 Å². The number of aromatic nitrogens is 2. The van der Waals surface area contributed by atoms with E-state index in [1.165, 1.54) is 4.57 Å². The number of anilines is 2. The van der Waals surface area contributed by atoms with Gasteiger partial charge in [-0.1, -0.05) is 27.7 Å². The highest BCUT2D eigenvalue weighted by Gasteiger charge is 2.19. The molecule has 4 N–H and O–H groups in total. The Morgan fingerprint density at radius 1 is 1.20 bits per heavy atom. The zero-order chi connectivity index (χ0) is 15.4. The predicted octanol–water partition coefficient (Wildman–Crippen LogP) is 1.48. The summed E-state index contributed by atoms with van der Waals surface area (Å²) >= 11 is 0. The summed E-state index contributed by atoms with van der Waals surface area (Å²) in [5.74, 6) is 1.63. The Bertz CT molecular complexity index is 549. The fourth-order valence-corrected chi connectivity index (χ4v) is 2.53. The van der Waals surface area contributed by atoms with Crippen LogP contribution < -0.4 is 22.3 Å². The monoisotopic (exact) mass is 282 g/mol. The first-order chi connectivity index (χ1) is 9.29. The highest BCUT2D eigenvalue weighted by molar-refractivity contribution is 5.60. The van der Waals surface area contributed by atoms with Crippen LogP contribution in [0.5, 0.6) is 0 Å². The number of hydrogen-bond acceptors (Lipinski definition) is 4. The Labute approximate surface area is 119 Å². The largest absolute Gasteiger partial charge is 0.383 e. The Kier molecular flexibility index (Phi) is 5.42. The van der Waals surface area contributed by atoms with Crippen LogP contribution in [0.25, 0.3) is 0 Å². The molecule has 6 nitrogen and oxygen atoms in total. The molecule has 6 heteroatoms. The van der Waals surface area contributed by atoms with Crippen LogP contribution in [0.4, 0.5) is 11.5 Å². The van der Waals surface area contributed by atoms with Crippen molar-refractivity contribution >= 4 is 11.5 Å². The topological polar surface area (TPSA) is 92.9 Å². The quantitative estimate of drug-likeness (QED) is 0.736. The minimum absolute atomic E-state index is 0.201. The van der Waals surface area contributed by atoms with Gasteiger partial charge < -0.3 is 11.1 Å². The number of H-pyrrole nitrogens is 1. The first kappa shape index (κ1) is 16.3. The van der Waals surface area contributed by atoms with Gasteiger partial charge in [-0.3, -0.25) is 14.3 Å². The van der Waals surface area contributed by atoms with Gasteiger partial charge in [-0.2, -0.15) is 0 Å². The second-order valence-corrected chi connectivity index (χ2v) is 5.80. The van der Waals surface area contributed by atoms with E-state index in [1.54, 1.807) is 0 Å². The summed E-state index contributed by atoms with van der Waals surface area (Å²) in [6.07, 6.45) is 0. The Morgan fingerprint density at radius 3 is 2.20 bits per heavy atom. The van der Waals surface area contributed by atoms with E-state index in [9.17, 15) is 9.59 Å². The van der Waals surface area contributed by atoms with Gasteiger partial charge in [0.25, 0.3) is 5.56 Å². The molecule has 1 aromatic rings. The van der Waals surface area contributed by atoms with Crippen molar-refractivity contribution in [2.24, 2.45) is 17.8 Å². The molecular weight excluding hydrogens is 256 g/mol. The summed E-state index contributed by atoms with van der Waals surface area (Å²) in [5, 5.41) is 3.12. The highest BCUT2D eigenvalue weighted by Crippen LogP contribution is 2.21.